The van der Waals surface area contributed by atoms with Crippen LogP contribution in [0.15, 0.2) is 60.8 Å². The predicted molar refractivity (Wildman–Crippen MR) is 180 cm³/mol. The molecule has 0 saturated carbocycles. The number of hydrogen-bond donors (Lipinski definition) is 1. The van der Waals surface area contributed by atoms with Gasteiger partial charge >= 0.3 is 0 Å². The largest absolute Gasteiger partial charge is 0.494 e. The van der Waals surface area contributed by atoms with Crippen molar-refractivity contribution in [3.05, 3.63) is 66.4 Å². The zero-order valence-corrected chi connectivity index (χ0v) is 27.0. The van der Waals surface area contributed by atoms with Crippen LogP contribution in [0.4, 0.5) is 5.69 Å². The summed E-state index contributed by atoms with van der Waals surface area (Å²) >= 11 is 0. The van der Waals surface area contributed by atoms with Crippen molar-refractivity contribution < 1.29 is 14.3 Å². The molecule has 0 fully saturated rings. The van der Waals surface area contributed by atoms with Crippen LogP contribution >= 0.6 is 0 Å². The van der Waals surface area contributed by atoms with Crippen molar-refractivity contribution in [1.82, 2.24) is 0 Å². The molecular weight excluding hydrogens is 518 g/mol. The van der Waals surface area contributed by atoms with Gasteiger partial charge in [-0.15, -0.1) is 0 Å². The second-order valence-electron chi connectivity index (χ2n) is 11.9. The standard InChI is InChI=1S/C38H59NO3/c1-4-6-7-8-9-10-11-12-13-14-15-16-17-18-19-20-31-41-36-27-23-35(24-28-36)39-30-29-38(40)34-21-25-37(26-22-34)42-32-33(3)5-2/h21-30,33,39H,4-20,31-32H2,1-3H3/b30-29+/t33-/m0/s1. The van der Waals surface area contributed by atoms with Gasteiger partial charge in [-0.3, -0.25) is 4.79 Å². The maximum Gasteiger partial charge on any atom is 0.187 e. The number of ether oxygens (including phenoxy) is 2. The second kappa shape index (κ2) is 23.8. The van der Waals surface area contributed by atoms with Gasteiger partial charge in [0.1, 0.15) is 11.5 Å². The van der Waals surface area contributed by atoms with Gasteiger partial charge in [-0.1, -0.05) is 124 Å². The molecule has 4 nitrogen and oxygen atoms in total. The van der Waals surface area contributed by atoms with E-state index in [0.717, 1.165) is 36.6 Å². The van der Waals surface area contributed by atoms with E-state index < -0.39 is 0 Å². The molecule has 1 atom stereocenters. The SMILES string of the molecule is CCCCCCCCCCCCCCCCCCOc1ccc(N/C=C/C(=O)c2ccc(OC[C@@H](C)CC)cc2)cc1. The Hall–Kier alpha value is -2.75. The third-order valence-corrected chi connectivity index (χ3v) is 7.98. The Kier molecular flexibility index (Phi) is 20.1. The van der Waals surface area contributed by atoms with Crippen LogP contribution in [0.2, 0.25) is 0 Å². The van der Waals surface area contributed by atoms with Gasteiger partial charge in [-0.05, 0) is 60.9 Å². The van der Waals surface area contributed by atoms with Crippen molar-refractivity contribution in [3.8, 4) is 11.5 Å². The fourth-order valence-corrected chi connectivity index (χ4v) is 4.87. The van der Waals surface area contributed by atoms with Gasteiger partial charge in [-0.2, -0.15) is 0 Å². The first-order valence-corrected chi connectivity index (χ1v) is 17.1. The molecule has 42 heavy (non-hydrogen) atoms. The Morgan fingerprint density at radius 3 is 1.67 bits per heavy atom. The van der Waals surface area contributed by atoms with Crippen molar-refractivity contribution in [2.24, 2.45) is 5.92 Å². The number of allylic oxidation sites excluding steroid dienone is 1. The Morgan fingerprint density at radius 1 is 0.667 bits per heavy atom. The first-order valence-electron chi connectivity index (χ1n) is 17.1. The third-order valence-electron chi connectivity index (χ3n) is 7.98. The van der Waals surface area contributed by atoms with Crippen LogP contribution < -0.4 is 14.8 Å². The minimum atomic E-state index is -0.0465. The van der Waals surface area contributed by atoms with Crippen molar-refractivity contribution in [3.63, 3.8) is 0 Å². The lowest BCUT2D eigenvalue weighted by Crippen LogP contribution is -2.07. The summed E-state index contributed by atoms with van der Waals surface area (Å²) in [6.45, 7) is 8.06. The Morgan fingerprint density at radius 2 is 1.14 bits per heavy atom. The molecule has 2 aromatic carbocycles. The normalized spacial score (nSPS) is 12.0. The highest BCUT2D eigenvalue weighted by Crippen LogP contribution is 2.18. The first kappa shape index (κ1) is 35.4. The van der Waals surface area contributed by atoms with Crippen LogP contribution in [-0.2, 0) is 0 Å². The van der Waals surface area contributed by atoms with Gasteiger partial charge in [0.2, 0.25) is 0 Å². The minimum Gasteiger partial charge on any atom is -0.494 e. The Labute approximate surface area is 257 Å². The van der Waals surface area contributed by atoms with Crippen LogP contribution in [0, 0.1) is 5.92 Å². The first-order chi connectivity index (χ1) is 20.6. The van der Waals surface area contributed by atoms with E-state index in [4.69, 9.17) is 9.47 Å². The zero-order chi connectivity index (χ0) is 30.1. The predicted octanol–water partition coefficient (Wildman–Crippen LogP) is 11.6. The molecule has 1 N–H and O–H groups in total. The van der Waals surface area contributed by atoms with Crippen molar-refractivity contribution >= 4 is 11.5 Å². The summed E-state index contributed by atoms with van der Waals surface area (Å²) in [6.07, 6.45) is 26.3. The minimum absolute atomic E-state index is 0.0465. The topological polar surface area (TPSA) is 47.6 Å². The summed E-state index contributed by atoms with van der Waals surface area (Å²) in [5.41, 5.74) is 1.56. The van der Waals surface area contributed by atoms with E-state index in [1.807, 2.05) is 48.5 Å². The smallest absolute Gasteiger partial charge is 0.187 e. The molecule has 0 unspecified atom stereocenters. The molecule has 4 heteroatoms. The molecule has 2 rings (SSSR count). The van der Waals surface area contributed by atoms with E-state index in [1.54, 1.807) is 12.3 Å². The third kappa shape index (κ3) is 17.3. The van der Waals surface area contributed by atoms with Gasteiger partial charge in [-0.25, -0.2) is 0 Å². The number of ketones is 1. The number of hydrogen-bond acceptors (Lipinski definition) is 4. The molecule has 0 aliphatic carbocycles. The van der Waals surface area contributed by atoms with E-state index in [9.17, 15) is 4.79 Å². The Balaban J connectivity index is 1.46. The quantitative estimate of drug-likeness (QED) is 0.0686. The average Bonchev–Trinajstić information content (AvgIpc) is 3.02. The van der Waals surface area contributed by atoms with Crippen molar-refractivity contribution in [2.45, 2.75) is 130 Å². The van der Waals surface area contributed by atoms with Crippen LogP contribution in [-0.4, -0.2) is 19.0 Å². The van der Waals surface area contributed by atoms with Gasteiger partial charge < -0.3 is 14.8 Å². The van der Waals surface area contributed by atoms with Crippen LogP contribution in [0.5, 0.6) is 11.5 Å². The van der Waals surface area contributed by atoms with E-state index in [1.165, 1.54) is 96.3 Å². The summed E-state index contributed by atoms with van der Waals surface area (Å²) < 4.78 is 11.7. The van der Waals surface area contributed by atoms with E-state index in [0.29, 0.717) is 18.1 Å². The molecule has 0 aromatic heterocycles. The fraction of sp³-hybridized carbons (Fsp3) is 0.605. The molecule has 2 aromatic rings. The van der Waals surface area contributed by atoms with E-state index in [-0.39, 0.29) is 5.78 Å². The molecule has 0 bridgehead atoms. The number of nitrogens with one attached hydrogen (secondary N) is 1. The fourth-order valence-electron chi connectivity index (χ4n) is 4.87. The zero-order valence-electron chi connectivity index (χ0n) is 27.0. The summed E-state index contributed by atoms with van der Waals surface area (Å²) in [5.74, 6) is 2.16. The number of rotatable bonds is 26. The van der Waals surface area contributed by atoms with Crippen LogP contribution in [0.1, 0.15) is 140 Å². The van der Waals surface area contributed by atoms with Gasteiger partial charge in [0.05, 0.1) is 13.2 Å². The monoisotopic (exact) mass is 577 g/mol. The number of benzene rings is 2. The average molecular weight is 578 g/mol. The molecule has 0 aliphatic rings. The molecule has 0 spiro atoms. The molecule has 0 aliphatic heterocycles. The summed E-state index contributed by atoms with van der Waals surface area (Å²) in [4.78, 5) is 12.5. The van der Waals surface area contributed by atoms with E-state index in [2.05, 4.69) is 26.1 Å². The number of unbranched alkanes of at least 4 members (excludes halogenated alkanes) is 15. The molecule has 0 heterocycles. The van der Waals surface area contributed by atoms with Crippen LogP contribution in [0.3, 0.4) is 0 Å². The molecular formula is C38H59NO3. The maximum atomic E-state index is 12.5. The molecule has 0 radical (unpaired) electrons. The number of carbonyl (C=O) groups excluding carboxylic acids is 1. The molecule has 0 saturated heterocycles. The van der Waals surface area contributed by atoms with Crippen molar-refractivity contribution in [2.75, 3.05) is 18.5 Å². The highest BCUT2D eigenvalue weighted by Gasteiger charge is 2.04. The highest BCUT2D eigenvalue weighted by atomic mass is 16.5. The highest BCUT2D eigenvalue weighted by molar-refractivity contribution is 6.04. The molecule has 0 amide bonds. The lowest BCUT2D eigenvalue weighted by molar-refractivity contribution is 0.104. The lowest BCUT2D eigenvalue weighted by atomic mass is 10.0. The van der Waals surface area contributed by atoms with Gasteiger partial charge in [0.15, 0.2) is 5.78 Å². The lowest BCUT2D eigenvalue weighted by Gasteiger charge is -2.10. The Bertz CT molecular complexity index is 951. The number of anilines is 1. The van der Waals surface area contributed by atoms with Gasteiger partial charge in [0, 0.05) is 23.5 Å². The number of carbonyl (C=O) groups is 1. The van der Waals surface area contributed by atoms with Gasteiger partial charge in [0.25, 0.3) is 0 Å². The van der Waals surface area contributed by atoms with Crippen molar-refractivity contribution in [1.29, 1.82) is 0 Å². The maximum absolute atomic E-state index is 12.5. The second-order valence-corrected chi connectivity index (χ2v) is 11.9. The summed E-state index contributed by atoms with van der Waals surface area (Å²) in [6, 6.07) is 15.2. The molecule has 234 valence electrons. The summed E-state index contributed by atoms with van der Waals surface area (Å²) in [7, 11) is 0. The van der Waals surface area contributed by atoms with Crippen LogP contribution in [0.25, 0.3) is 0 Å². The van der Waals surface area contributed by atoms with E-state index >= 15 is 0 Å². The summed E-state index contributed by atoms with van der Waals surface area (Å²) in [5, 5.41) is 3.17.